The number of benzene rings is 1. The van der Waals surface area contributed by atoms with E-state index in [0.717, 1.165) is 17.7 Å². The number of hydrogen-bond donors (Lipinski definition) is 2. The lowest BCUT2D eigenvalue weighted by atomic mass is 9.89. The molecule has 1 aliphatic rings. The number of carbonyl (C=O) groups is 2. The lowest BCUT2D eigenvalue weighted by molar-refractivity contribution is -0.146. The molecule has 1 aliphatic carbocycles. The third-order valence-corrected chi connectivity index (χ3v) is 5.12. The van der Waals surface area contributed by atoms with Crippen molar-refractivity contribution in [2.75, 3.05) is 5.32 Å². The van der Waals surface area contributed by atoms with Gasteiger partial charge in [0.05, 0.1) is 17.2 Å². The molecule has 0 spiro atoms. The van der Waals surface area contributed by atoms with E-state index in [0.29, 0.717) is 25.0 Å². The average molecular weight is 469 g/mol. The molecule has 5 nitrogen and oxygen atoms in total. The van der Waals surface area contributed by atoms with E-state index in [1.807, 2.05) is 0 Å². The molecule has 1 aromatic carbocycles. The first-order valence-electron chi connectivity index (χ1n) is 9.37. The van der Waals surface area contributed by atoms with Gasteiger partial charge in [0, 0.05) is 25.6 Å². The van der Waals surface area contributed by atoms with E-state index in [1.165, 1.54) is 13.8 Å². The molecular formula is C19H21F6N3O2S. The van der Waals surface area contributed by atoms with Crippen LogP contribution in [0.4, 0.5) is 32.0 Å². The number of hydrogen-bond acceptors (Lipinski definition) is 3. The summed E-state index contributed by atoms with van der Waals surface area (Å²) in [5.41, 5.74) is -3.42. The molecule has 0 radical (unpaired) electrons. The van der Waals surface area contributed by atoms with Crippen molar-refractivity contribution >= 4 is 34.8 Å². The van der Waals surface area contributed by atoms with E-state index in [4.69, 9.17) is 12.2 Å². The fourth-order valence-corrected chi connectivity index (χ4v) is 3.91. The van der Waals surface area contributed by atoms with Crippen LogP contribution in [0.15, 0.2) is 18.2 Å². The highest BCUT2D eigenvalue weighted by Crippen LogP contribution is 2.37. The van der Waals surface area contributed by atoms with Gasteiger partial charge in [0.1, 0.15) is 0 Å². The summed E-state index contributed by atoms with van der Waals surface area (Å²) < 4.78 is 78.1. The van der Waals surface area contributed by atoms with Crippen molar-refractivity contribution in [3.63, 3.8) is 0 Å². The van der Waals surface area contributed by atoms with Gasteiger partial charge in [-0.1, -0.05) is 12.8 Å². The van der Waals surface area contributed by atoms with Crippen molar-refractivity contribution in [3.05, 3.63) is 29.3 Å². The number of anilines is 1. The smallest absolute Gasteiger partial charge is 0.358 e. The maximum atomic E-state index is 13.0. The highest BCUT2D eigenvalue weighted by atomic mass is 32.1. The highest BCUT2D eigenvalue weighted by molar-refractivity contribution is 7.80. The monoisotopic (exact) mass is 469 g/mol. The highest BCUT2D eigenvalue weighted by Gasteiger charge is 2.37. The molecular weight excluding hydrogens is 448 g/mol. The molecule has 1 saturated carbocycles. The van der Waals surface area contributed by atoms with Crippen molar-refractivity contribution in [1.29, 1.82) is 0 Å². The van der Waals surface area contributed by atoms with Crippen LogP contribution in [-0.4, -0.2) is 33.9 Å². The van der Waals surface area contributed by atoms with Crippen LogP contribution in [0, 0.1) is 0 Å². The van der Waals surface area contributed by atoms with Gasteiger partial charge in [-0.25, -0.2) is 0 Å². The Kier molecular flexibility index (Phi) is 7.56. The molecule has 172 valence electrons. The molecule has 2 rings (SSSR count). The van der Waals surface area contributed by atoms with Crippen LogP contribution in [0.5, 0.6) is 0 Å². The number of halogens is 6. The molecule has 2 amide bonds. The van der Waals surface area contributed by atoms with E-state index >= 15 is 0 Å². The Bertz CT molecular complexity index is 810. The summed E-state index contributed by atoms with van der Waals surface area (Å²) in [6, 6.07) is 0.0548. The van der Waals surface area contributed by atoms with Crippen LogP contribution in [0.2, 0.25) is 0 Å². The summed E-state index contributed by atoms with van der Waals surface area (Å²) in [6.07, 6.45) is -7.44. The second kappa shape index (κ2) is 9.41. The van der Waals surface area contributed by atoms with Gasteiger partial charge in [-0.05, 0) is 43.3 Å². The van der Waals surface area contributed by atoms with Crippen molar-refractivity contribution < 1.29 is 35.9 Å². The van der Waals surface area contributed by atoms with Gasteiger partial charge in [0.15, 0.2) is 5.11 Å². The molecule has 1 aromatic rings. The van der Waals surface area contributed by atoms with Crippen LogP contribution in [0.25, 0.3) is 0 Å². The SMILES string of the molecule is CC(=O)N(C(C)=O)[C@@H]1CCCC[C@H]1NC(=S)Nc1cc(C(F)(F)F)cc(C(F)(F)F)c1. The zero-order chi connectivity index (χ0) is 23.6. The Morgan fingerprint density at radius 2 is 1.42 bits per heavy atom. The van der Waals surface area contributed by atoms with Crippen molar-refractivity contribution in [2.45, 2.75) is 64.0 Å². The standard InChI is InChI=1S/C19H21F6N3O2S/c1-10(29)28(11(2)30)16-6-4-3-5-15(16)27-17(31)26-14-8-12(18(20,21)22)7-13(9-14)19(23,24)25/h7-9,15-16H,3-6H2,1-2H3,(H2,26,27,31)/t15-,16-/m1/s1. The number of carbonyl (C=O) groups excluding carboxylic acids is 2. The summed E-state index contributed by atoms with van der Waals surface area (Å²) in [7, 11) is 0. The molecule has 0 saturated heterocycles. The second-order valence-corrected chi connectivity index (χ2v) is 7.67. The number of nitrogens with one attached hydrogen (secondary N) is 2. The molecule has 2 N–H and O–H groups in total. The number of alkyl halides is 6. The summed E-state index contributed by atoms with van der Waals surface area (Å²) in [4.78, 5) is 24.9. The fraction of sp³-hybridized carbons (Fsp3) is 0.526. The van der Waals surface area contributed by atoms with Gasteiger partial charge >= 0.3 is 12.4 Å². The van der Waals surface area contributed by atoms with Gasteiger partial charge in [0.2, 0.25) is 11.8 Å². The molecule has 31 heavy (non-hydrogen) atoms. The Hall–Kier alpha value is -2.37. The first-order chi connectivity index (χ1) is 14.2. The van der Waals surface area contributed by atoms with Crippen LogP contribution in [0.1, 0.15) is 50.7 Å². The van der Waals surface area contributed by atoms with Gasteiger partial charge in [-0.3, -0.25) is 14.5 Å². The molecule has 0 aliphatic heterocycles. The number of thiocarbonyl (C=S) groups is 1. The maximum absolute atomic E-state index is 13.0. The van der Waals surface area contributed by atoms with E-state index in [-0.39, 0.29) is 11.2 Å². The lowest BCUT2D eigenvalue weighted by Gasteiger charge is -2.38. The Morgan fingerprint density at radius 1 is 0.935 bits per heavy atom. The Morgan fingerprint density at radius 3 is 1.87 bits per heavy atom. The maximum Gasteiger partial charge on any atom is 0.416 e. The summed E-state index contributed by atoms with van der Waals surface area (Å²) in [5, 5.41) is 4.99. The summed E-state index contributed by atoms with van der Waals surface area (Å²) in [6.45, 7) is 2.48. The minimum Gasteiger partial charge on any atom is -0.358 e. The predicted molar refractivity (Wildman–Crippen MR) is 105 cm³/mol. The van der Waals surface area contributed by atoms with E-state index in [2.05, 4.69) is 10.6 Å². The average Bonchev–Trinajstić information content (AvgIpc) is 2.61. The first kappa shape index (κ1) is 24.9. The minimum absolute atomic E-state index is 0.0242. The molecule has 0 aromatic heterocycles. The van der Waals surface area contributed by atoms with Crippen LogP contribution < -0.4 is 10.6 Å². The Labute approximate surface area is 180 Å². The van der Waals surface area contributed by atoms with E-state index in [9.17, 15) is 35.9 Å². The normalized spacial score (nSPS) is 19.5. The third kappa shape index (κ3) is 6.55. The largest absolute Gasteiger partial charge is 0.416 e. The van der Waals surface area contributed by atoms with E-state index in [1.54, 1.807) is 0 Å². The number of rotatable bonds is 3. The number of nitrogens with zero attached hydrogens (tertiary/aromatic N) is 1. The number of amides is 2. The minimum atomic E-state index is -4.98. The Balaban J connectivity index is 2.24. The first-order valence-corrected chi connectivity index (χ1v) is 9.78. The van der Waals surface area contributed by atoms with Gasteiger partial charge in [-0.15, -0.1) is 0 Å². The fourth-order valence-electron chi connectivity index (χ4n) is 3.64. The van der Waals surface area contributed by atoms with Crippen LogP contribution in [0.3, 0.4) is 0 Å². The van der Waals surface area contributed by atoms with Crippen molar-refractivity contribution in [1.82, 2.24) is 10.2 Å². The quantitative estimate of drug-likeness (QED) is 0.496. The van der Waals surface area contributed by atoms with Gasteiger partial charge in [-0.2, -0.15) is 26.3 Å². The molecule has 0 heterocycles. The van der Waals surface area contributed by atoms with Crippen LogP contribution in [-0.2, 0) is 21.9 Å². The molecule has 0 bridgehead atoms. The second-order valence-electron chi connectivity index (χ2n) is 7.26. The van der Waals surface area contributed by atoms with Gasteiger partial charge in [0.25, 0.3) is 0 Å². The third-order valence-electron chi connectivity index (χ3n) is 4.90. The van der Waals surface area contributed by atoms with Gasteiger partial charge < -0.3 is 10.6 Å². The topological polar surface area (TPSA) is 61.4 Å². The summed E-state index contributed by atoms with van der Waals surface area (Å²) >= 11 is 5.09. The van der Waals surface area contributed by atoms with E-state index < -0.39 is 53.1 Å². The number of imide groups is 1. The zero-order valence-corrected chi connectivity index (χ0v) is 17.5. The van der Waals surface area contributed by atoms with Crippen molar-refractivity contribution in [3.8, 4) is 0 Å². The lowest BCUT2D eigenvalue weighted by Crippen LogP contribution is -2.56. The van der Waals surface area contributed by atoms with Crippen molar-refractivity contribution in [2.24, 2.45) is 0 Å². The predicted octanol–water partition coefficient (Wildman–Crippen LogP) is 4.72. The zero-order valence-electron chi connectivity index (χ0n) is 16.7. The molecule has 2 atom stereocenters. The molecule has 12 heteroatoms. The molecule has 1 fully saturated rings. The molecule has 0 unspecified atom stereocenters. The van der Waals surface area contributed by atoms with Crippen LogP contribution >= 0.6 is 12.2 Å². The summed E-state index contributed by atoms with van der Waals surface area (Å²) in [5.74, 6) is -0.921.